The zero-order valence-corrected chi connectivity index (χ0v) is 15.1. The van der Waals surface area contributed by atoms with Crippen molar-refractivity contribution in [2.24, 2.45) is 5.41 Å². The Labute approximate surface area is 109 Å². The first kappa shape index (κ1) is 16.6. The predicted molar refractivity (Wildman–Crippen MR) is 77.5 cm³/mol. The van der Waals surface area contributed by atoms with E-state index in [1.165, 1.54) is 0 Å². The molecule has 0 heterocycles. The van der Waals surface area contributed by atoms with Gasteiger partial charge >= 0.3 is 5.97 Å². The van der Waals surface area contributed by atoms with Gasteiger partial charge in [0.05, 0.1) is 6.61 Å². The van der Waals surface area contributed by atoms with E-state index in [1.807, 2.05) is 20.8 Å². The molecule has 17 heavy (non-hydrogen) atoms. The minimum atomic E-state index is -1.47. The predicted octanol–water partition coefficient (Wildman–Crippen LogP) is 2.02. The highest BCUT2D eigenvalue weighted by molar-refractivity contribution is 6.73. The molecule has 0 aliphatic heterocycles. The Balaban J connectivity index is 3.92. The van der Waals surface area contributed by atoms with Gasteiger partial charge in [0.25, 0.3) is 0 Å². The van der Waals surface area contributed by atoms with Crippen LogP contribution in [0.15, 0.2) is 12.2 Å². The van der Waals surface area contributed by atoms with E-state index in [4.69, 9.17) is 8.85 Å². The van der Waals surface area contributed by atoms with Gasteiger partial charge in [-0.25, -0.2) is 4.79 Å². The monoisotopic (exact) mass is 274 g/mol. The van der Waals surface area contributed by atoms with Gasteiger partial charge in [0.2, 0.25) is 0 Å². The number of hydrogen-bond donors (Lipinski definition) is 0. The van der Waals surface area contributed by atoms with Crippen LogP contribution in [0.25, 0.3) is 0 Å². The lowest BCUT2D eigenvalue weighted by Crippen LogP contribution is -2.29. The summed E-state index contributed by atoms with van der Waals surface area (Å²) in [5, 5.41) is 0. The van der Waals surface area contributed by atoms with Gasteiger partial charge in [-0.15, -0.1) is 0 Å². The van der Waals surface area contributed by atoms with Gasteiger partial charge in [0, 0.05) is 5.57 Å². The molecule has 100 valence electrons. The lowest BCUT2D eigenvalue weighted by molar-refractivity contribution is -0.140. The van der Waals surface area contributed by atoms with E-state index in [1.54, 1.807) is 0 Å². The molecule has 0 saturated carbocycles. The summed E-state index contributed by atoms with van der Waals surface area (Å²) in [6, 6.07) is 1.03. The molecule has 0 saturated heterocycles. The lowest BCUT2D eigenvalue weighted by atomic mass is 9.88. The molecule has 0 unspecified atom stereocenters. The third kappa shape index (κ3) is 6.80. The van der Waals surface area contributed by atoms with Crippen LogP contribution in [0.2, 0.25) is 19.1 Å². The van der Waals surface area contributed by atoms with Gasteiger partial charge in [0.15, 0.2) is 8.32 Å². The molecule has 0 spiro atoms. The van der Waals surface area contributed by atoms with Crippen LogP contribution < -0.4 is 0 Å². The Bertz CT molecular complexity index is 280. The molecule has 0 aromatic heterocycles. The molecule has 0 fully saturated rings. The molecule has 0 rings (SSSR count). The van der Waals surface area contributed by atoms with E-state index in [-0.39, 0.29) is 11.4 Å². The van der Waals surface area contributed by atoms with E-state index in [2.05, 4.69) is 19.7 Å². The Morgan fingerprint density at radius 3 is 2.29 bits per heavy atom. The number of esters is 1. The van der Waals surface area contributed by atoms with Crippen molar-refractivity contribution >= 4 is 24.8 Å². The summed E-state index contributed by atoms with van der Waals surface area (Å²) < 4.78 is 10.8. The van der Waals surface area contributed by atoms with Gasteiger partial charge in [-0.2, -0.15) is 0 Å². The average molecular weight is 275 g/mol. The van der Waals surface area contributed by atoms with Gasteiger partial charge in [-0.05, 0) is 31.0 Å². The van der Waals surface area contributed by atoms with Crippen molar-refractivity contribution in [1.82, 2.24) is 0 Å². The topological polar surface area (TPSA) is 35.5 Å². The quantitative estimate of drug-likeness (QED) is 0.322. The van der Waals surface area contributed by atoms with E-state index in [0.29, 0.717) is 12.2 Å². The molecule has 0 aromatic rings. The third-order valence-electron chi connectivity index (χ3n) is 2.86. The Hall–Kier alpha value is -0.396. The fourth-order valence-corrected chi connectivity index (χ4v) is 2.97. The second-order valence-electron chi connectivity index (χ2n) is 5.93. The number of carbonyl (C=O) groups is 1. The first-order valence-corrected chi connectivity index (χ1v) is 9.95. The van der Waals surface area contributed by atoms with Crippen LogP contribution >= 0.6 is 0 Å². The van der Waals surface area contributed by atoms with Gasteiger partial charge in [0.1, 0.15) is 10.5 Å². The van der Waals surface area contributed by atoms with Crippen LogP contribution in [-0.2, 0) is 13.6 Å². The molecular formula is C12H26O3Si2. The second-order valence-corrected chi connectivity index (χ2v) is 11.6. The molecule has 0 radical (unpaired) electrons. The number of carbonyl (C=O) groups excluding carboxylic acids is 1. The minimum Gasteiger partial charge on any atom is -0.463 e. The van der Waals surface area contributed by atoms with Gasteiger partial charge in [-0.1, -0.05) is 27.4 Å². The highest BCUT2D eigenvalue weighted by atomic mass is 28.4. The summed E-state index contributed by atoms with van der Waals surface area (Å²) in [4.78, 5) is 11.6. The van der Waals surface area contributed by atoms with Crippen molar-refractivity contribution in [3.05, 3.63) is 12.2 Å². The first-order chi connectivity index (χ1) is 7.60. The summed E-state index contributed by atoms with van der Waals surface area (Å²) in [7, 11) is -0.672. The molecule has 5 heteroatoms. The summed E-state index contributed by atoms with van der Waals surface area (Å²) in [6.07, 6.45) is 0.880. The van der Waals surface area contributed by atoms with Gasteiger partial charge in [-0.3, -0.25) is 0 Å². The molecule has 0 amide bonds. The van der Waals surface area contributed by atoms with Crippen LogP contribution in [-0.4, -0.2) is 31.4 Å². The zero-order chi connectivity index (χ0) is 13.7. The fourth-order valence-electron chi connectivity index (χ4n) is 1.16. The molecule has 0 aromatic carbocycles. The largest absolute Gasteiger partial charge is 0.463 e. The van der Waals surface area contributed by atoms with Crippen LogP contribution in [0, 0.1) is 5.41 Å². The standard InChI is InChI=1S/C12H26O3Si2/c1-10(12(2,3)4)11(13)14-8-7-9-17(5,6)15-16/h1,7-9H2,2-6,16H3. The van der Waals surface area contributed by atoms with E-state index in [0.717, 1.165) is 23.0 Å². The van der Waals surface area contributed by atoms with E-state index < -0.39 is 8.32 Å². The first-order valence-electron chi connectivity index (χ1n) is 6.02. The van der Waals surface area contributed by atoms with Crippen molar-refractivity contribution < 1.29 is 13.6 Å². The molecule has 0 aliphatic rings. The molecule has 0 bridgehead atoms. The second kappa shape index (κ2) is 6.51. The minimum absolute atomic E-state index is 0.219. The van der Waals surface area contributed by atoms with Crippen molar-refractivity contribution in [2.45, 2.75) is 46.3 Å². The summed E-state index contributed by atoms with van der Waals surface area (Å²) in [5.74, 6) is -0.274. The van der Waals surface area contributed by atoms with Crippen molar-refractivity contribution in [3.63, 3.8) is 0 Å². The maximum atomic E-state index is 11.6. The Morgan fingerprint density at radius 1 is 1.35 bits per heavy atom. The molecule has 0 aliphatic carbocycles. The summed E-state index contributed by atoms with van der Waals surface area (Å²) in [6.45, 7) is 14.5. The summed E-state index contributed by atoms with van der Waals surface area (Å²) >= 11 is 0. The molecule has 0 atom stereocenters. The van der Waals surface area contributed by atoms with Crippen molar-refractivity contribution in [2.75, 3.05) is 6.61 Å². The SMILES string of the molecule is C=C(C(=O)OCCC[Si](C)(C)O[SiH3])C(C)(C)C. The lowest BCUT2D eigenvalue weighted by Gasteiger charge is -2.22. The van der Waals surface area contributed by atoms with Crippen molar-refractivity contribution in [1.29, 1.82) is 0 Å². The highest BCUT2D eigenvalue weighted by Gasteiger charge is 2.23. The Kier molecular flexibility index (Phi) is 6.36. The Morgan fingerprint density at radius 2 is 1.88 bits per heavy atom. The molecular weight excluding hydrogens is 248 g/mol. The van der Waals surface area contributed by atoms with Crippen molar-refractivity contribution in [3.8, 4) is 0 Å². The zero-order valence-electron chi connectivity index (χ0n) is 12.1. The normalized spacial score (nSPS) is 12.5. The maximum absolute atomic E-state index is 11.6. The van der Waals surface area contributed by atoms with Crippen LogP contribution in [0.4, 0.5) is 0 Å². The molecule has 0 N–H and O–H groups in total. The highest BCUT2D eigenvalue weighted by Crippen LogP contribution is 2.24. The van der Waals surface area contributed by atoms with Crippen LogP contribution in [0.1, 0.15) is 27.2 Å². The van der Waals surface area contributed by atoms with Crippen LogP contribution in [0.5, 0.6) is 0 Å². The number of rotatable bonds is 6. The fraction of sp³-hybridized carbons (Fsp3) is 0.750. The smallest absolute Gasteiger partial charge is 0.333 e. The molecule has 3 nitrogen and oxygen atoms in total. The average Bonchev–Trinajstić information content (AvgIpc) is 2.21. The maximum Gasteiger partial charge on any atom is 0.333 e. The van der Waals surface area contributed by atoms with Crippen LogP contribution in [0.3, 0.4) is 0 Å². The number of ether oxygens (including phenoxy) is 1. The van der Waals surface area contributed by atoms with E-state index in [9.17, 15) is 4.79 Å². The third-order valence-corrected chi connectivity index (χ3v) is 8.84. The van der Waals surface area contributed by atoms with Gasteiger partial charge < -0.3 is 8.85 Å². The number of hydrogen-bond acceptors (Lipinski definition) is 3. The van der Waals surface area contributed by atoms with E-state index >= 15 is 0 Å². The summed E-state index contributed by atoms with van der Waals surface area (Å²) in [5.41, 5.74) is 0.316.